The summed E-state index contributed by atoms with van der Waals surface area (Å²) in [5.74, 6) is 0.232. The number of amidine groups is 1. The van der Waals surface area contributed by atoms with Gasteiger partial charge in [-0.1, -0.05) is 18.2 Å². The van der Waals surface area contributed by atoms with Crippen molar-refractivity contribution in [2.45, 2.75) is 0 Å². The highest BCUT2D eigenvalue weighted by Crippen LogP contribution is 2.29. The minimum Gasteiger partial charge on any atom is -0.383 e. The van der Waals surface area contributed by atoms with Crippen LogP contribution >= 0.6 is 0 Å². The number of benzene rings is 2. The monoisotopic (exact) mass is 412 g/mol. The zero-order chi connectivity index (χ0) is 21.9. The molecule has 1 aliphatic rings. The van der Waals surface area contributed by atoms with Gasteiger partial charge in [-0.15, -0.1) is 0 Å². The first-order valence-corrected chi connectivity index (χ1v) is 9.53. The van der Waals surface area contributed by atoms with Gasteiger partial charge in [0.15, 0.2) is 6.29 Å². The van der Waals surface area contributed by atoms with E-state index in [0.29, 0.717) is 47.4 Å². The van der Waals surface area contributed by atoms with E-state index in [-0.39, 0.29) is 11.7 Å². The minimum absolute atomic E-state index is 0.00133. The van der Waals surface area contributed by atoms with Gasteiger partial charge in [-0.25, -0.2) is 4.99 Å². The first-order valence-electron chi connectivity index (χ1n) is 9.53. The largest absolute Gasteiger partial charge is 0.383 e. The predicted molar refractivity (Wildman–Crippen MR) is 118 cm³/mol. The molecule has 0 bridgehead atoms. The smallest absolute Gasteiger partial charge is 0.253 e. The Kier molecular flexibility index (Phi) is 8.95. The number of hydrogen-bond acceptors (Lipinski definition) is 7. The van der Waals surface area contributed by atoms with E-state index in [9.17, 15) is 9.59 Å². The molecule has 1 aliphatic heterocycles. The summed E-state index contributed by atoms with van der Waals surface area (Å²) >= 11 is 0. The molecule has 9 nitrogen and oxygen atoms in total. The van der Waals surface area contributed by atoms with E-state index in [4.69, 9.17) is 10.6 Å². The van der Waals surface area contributed by atoms with Crippen molar-refractivity contribution in [3.8, 4) is 0 Å². The van der Waals surface area contributed by atoms with Crippen molar-refractivity contribution >= 4 is 29.4 Å². The maximum Gasteiger partial charge on any atom is 0.253 e. The molecule has 30 heavy (non-hydrogen) atoms. The van der Waals surface area contributed by atoms with Crippen molar-refractivity contribution in [2.75, 3.05) is 45.8 Å². The summed E-state index contributed by atoms with van der Waals surface area (Å²) in [7, 11) is 2.97. The van der Waals surface area contributed by atoms with E-state index in [1.54, 1.807) is 42.5 Å². The molecule has 2 aromatic carbocycles. The number of para-hydroxylation sites is 1. The van der Waals surface area contributed by atoms with E-state index in [1.165, 1.54) is 14.2 Å². The fourth-order valence-electron chi connectivity index (χ4n) is 2.99. The Morgan fingerprint density at radius 1 is 1.13 bits per heavy atom. The van der Waals surface area contributed by atoms with Crippen molar-refractivity contribution in [3.05, 3.63) is 59.2 Å². The van der Waals surface area contributed by atoms with Crippen LogP contribution in [0.2, 0.25) is 0 Å². The van der Waals surface area contributed by atoms with Crippen LogP contribution in [0.25, 0.3) is 0 Å². The molecule has 2 aromatic rings. The third-order valence-electron chi connectivity index (χ3n) is 4.47. The maximum atomic E-state index is 12.5. The van der Waals surface area contributed by atoms with Crippen LogP contribution in [0.3, 0.4) is 0 Å². The zero-order valence-corrected chi connectivity index (χ0v) is 17.2. The van der Waals surface area contributed by atoms with E-state index >= 15 is 0 Å². The Morgan fingerprint density at radius 2 is 1.77 bits per heavy atom. The summed E-state index contributed by atoms with van der Waals surface area (Å²) in [4.78, 5) is 35.1. The van der Waals surface area contributed by atoms with Crippen molar-refractivity contribution in [1.82, 2.24) is 10.2 Å². The molecule has 1 heterocycles. The van der Waals surface area contributed by atoms with E-state index in [1.807, 2.05) is 4.90 Å². The van der Waals surface area contributed by atoms with Crippen LogP contribution in [0, 0.1) is 0 Å². The number of anilines is 1. The number of piperazine rings is 1. The summed E-state index contributed by atoms with van der Waals surface area (Å²) in [5, 5.41) is 3.23. The minimum atomic E-state index is 0.00133. The van der Waals surface area contributed by atoms with Crippen LogP contribution in [-0.4, -0.2) is 63.3 Å². The number of amides is 1. The van der Waals surface area contributed by atoms with E-state index in [0.717, 1.165) is 13.1 Å². The predicted octanol–water partition coefficient (Wildman–Crippen LogP) is 1.13. The SMILES string of the molecule is CN.CONc1cccc(C=O)c1N=C(N)c1ccc(C(=O)N2CCNCC2)cc1. The van der Waals surface area contributed by atoms with Crippen LogP contribution in [0.15, 0.2) is 47.5 Å². The topological polar surface area (TPSA) is 135 Å². The van der Waals surface area contributed by atoms with Crippen LogP contribution in [0.1, 0.15) is 26.3 Å². The van der Waals surface area contributed by atoms with Crippen LogP contribution < -0.4 is 22.3 Å². The summed E-state index contributed by atoms with van der Waals surface area (Å²) in [6.07, 6.45) is 0.711. The molecule has 1 fully saturated rings. The normalized spacial score (nSPS) is 13.8. The van der Waals surface area contributed by atoms with Gasteiger partial charge in [0, 0.05) is 42.9 Å². The van der Waals surface area contributed by atoms with Gasteiger partial charge in [-0.3, -0.25) is 19.9 Å². The van der Waals surface area contributed by atoms with Gasteiger partial charge in [0.2, 0.25) is 0 Å². The lowest BCUT2D eigenvalue weighted by atomic mass is 10.1. The third-order valence-corrected chi connectivity index (χ3v) is 4.47. The first kappa shape index (κ1) is 23.0. The summed E-state index contributed by atoms with van der Waals surface area (Å²) in [6.45, 7) is 3.00. The Morgan fingerprint density at radius 3 is 2.37 bits per heavy atom. The third kappa shape index (κ3) is 5.63. The number of aldehydes is 1. The highest BCUT2D eigenvalue weighted by molar-refractivity contribution is 6.03. The number of carbonyl (C=O) groups is 2. The van der Waals surface area contributed by atoms with Gasteiger partial charge < -0.3 is 21.7 Å². The number of rotatable bonds is 6. The lowest BCUT2D eigenvalue weighted by Crippen LogP contribution is -2.46. The molecule has 3 rings (SSSR count). The lowest BCUT2D eigenvalue weighted by molar-refractivity contribution is 0.0735. The number of nitrogens with one attached hydrogen (secondary N) is 2. The molecule has 1 saturated heterocycles. The van der Waals surface area contributed by atoms with Crippen LogP contribution in [0.4, 0.5) is 11.4 Å². The molecule has 0 radical (unpaired) electrons. The van der Waals surface area contributed by atoms with Gasteiger partial charge in [0.1, 0.15) is 11.5 Å². The average molecular weight is 412 g/mol. The summed E-state index contributed by atoms with van der Waals surface area (Å²) in [6, 6.07) is 12.1. The first-order chi connectivity index (χ1) is 14.6. The van der Waals surface area contributed by atoms with Crippen LogP contribution in [-0.2, 0) is 4.84 Å². The fraction of sp³-hybridized carbons (Fsp3) is 0.286. The van der Waals surface area contributed by atoms with E-state index in [2.05, 4.69) is 21.5 Å². The summed E-state index contributed by atoms with van der Waals surface area (Å²) < 4.78 is 0. The number of hydrogen-bond donors (Lipinski definition) is 4. The molecule has 6 N–H and O–H groups in total. The Balaban J connectivity index is 0.00000155. The number of nitrogens with two attached hydrogens (primary N) is 2. The number of carbonyl (C=O) groups excluding carboxylic acids is 2. The Hall–Kier alpha value is -3.27. The van der Waals surface area contributed by atoms with Crippen molar-refractivity contribution in [3.63, 3.8) is 0 Å². The van der Waals surface area contributed by atoms with Gasteiger partial charge in [0.25, 0.3) is 5.91 Å². The van der Waals surface area contributed by atoms with Gasteiger partial charge >= 0.3 is 0 Å². The molecular weight excluding hydrogens is 384 g/mol. The number of nitrogens with zero attached hydrogens (tertiary/aromatic N) is 2. The molecule has 160 valence electrons. The molecular formula is C21H28N6O3. The van der Waals surface area contributed by atoms with E-state index < -0.39 is 0 Å². The average Bonchev–Trinajstić information content (AvgIpc) is 2.81. The van der Waals surface area contributed by atoms with Crippen molar-refractivity contribution < 1.29 is 14.4 Å². The summed E-state index contributed by atoms with van der Waals surface area (Å²) in [5.41, 5.74) is 15.9. The second-order valence-corrected chi connectivity index (χ2v) is 6.28. The molecule has 0 aliphatic carbocycles. The molecule has 0 unspecified atom stereocenters. The van der Waals surface area contributed by atoms with Gasteiger partial charge in [0.05, 0.1) is 12.8 Å². The molecule has 0 atom stereocenters. The van der Waals surface area contributed by atoms with Crippen molar-refractivity contribution in [1.29, 1.82) is 0 Å². The molecule has 0 aromatic heterocycles. The molecule has 0 spiro atoms. The maximum absolute atomic E-state index is 12.5. The van der Waals surface area contributed by atoms with Gasteiger partial charge in [-0.2, -0.15) is 0 Å². The molecule has 9 heteroatoms. The Labute approximate surface area is 176 Å². The van der Waals surface area contributed by atoms with Crippen LogP contribution in [0.5, 0.6) is 0 Å². The molecule has 0 saturated carbocycles. The highest BCUT2D eigenvalue weighted by Gasteiger charge is 2.18. The Bertz CT molecular complexity index is 877. The second kappa shape index (κ2) is 11.7. The van der Waals surface area contributed by atoms with Gasteiger partial charge in [-0.05, 0) is 31.3 Å². The number of aliphatic imine (C=N–C) groups is 1. The quantitative estimate of drug-likeness (QED) is 0.242. The fourth-order valence-corrected chi connectivity index (χ4v) is 2.99. The highest BCUT2D eigenvalue weighted by atomic mass is 16.6. The second-order valence-electron chi connectivity index (χ2n) is 6.28. The lowest BCUT2D eigenvalue weighted by Gasteiger charge is -2.27. The zero-order valence-electron chi connectivity index (χ0n) is 17.2. The molecule has 1 amide bonds. The standard InChI is InChI=1S/C20H23N5O3.CH5N/c1-28-24-17-4-2-3-16(13-26)18(17)23-19(21)14-5-7-15(8-6-14)20(27)25-11-9-22-10-12-25;1-2/h2-8,13,22,24H,9-12H2,1H3,(H2,21,23);2H2,1H3. The van der Waals surface area contributed by atoms with Crippen molar-refractivity contribution in [2.24, 2.45) is 16.5 Å².